The first-order valence-electron chi connectivity index (χ1n) is 5.21. The number of carbonyl (C=O) groups is 1. The van der Waals surface area contributed by atoms with Crippen molar-refractivity contribution >= 4 is 5.97 Å². The molecule has 0 aliphatic rings. The molecule has 4 nitrogen and oxygen atoms in total. The number of aliphatic hydroxyl groups is 1. The van der Waals surface area contributed by atoms with Gasteiger partial charge in [-0.1, -0.05) is 24.3 Å². The lowest BCUT2D eigenvalue weighted by Gasteiger charge is -2.14. The van der Waals surface area contributed by atoms with Crippen molar-refractivity contribution in [1.82, 2.24) is 4.90 Å². The average molecular weight is 223 g/mol. The second kappa shape index (κ2) is 6.25. The molecule has 0 saturated carbocycles. The summed E-state index contributed by atoms with van der Waals surface area (Å²) in [5.74, 6) is -0.815. The van der Waals surface area contributed by atoms with E-state index in [2.05, 4.69) is 0 Å². The van der Waals surface area contributed by atoms with Crippen LogP contribution in [-0.2, 0) is 17.8 Å². The maximum atomic E-state index is 10.5. The van der Waals surface area contributed by atoms with Crippen molar-refractivity contribution in [2.75, 3.05) is 20.2 Å². The number of aliphatic carboxylic acids is 1. The number of hydrogen-bond acceptors (Lipinski definition) is 3. The predicted molar refractivity (Wildman–Crippen MR) is 61.2 cm³/mol. The summed E-state index contributed by atoms with van der Waals surface area (Å²) in [6.07, 6.45) is 0.0623. The molecule has 0 amide bonds. The van der Waals surface area contributed by atoms with Crippen molar-refractivity contribution in [2.45, 2.75) is 13.0 Å². The Morgan fingerprint density at radius 3 is 2.31 bits per heavy atom. The van der Waals surface area contributed by atoms with Crippen LogP contribution in [0, 0.1) is 0 Å². The monoisotopic (exact) mass is 223 g/mol. The fourth-order valence-corrected chi connectivity index (χ4v) is 1.50. The first-order valence-corrected chi connectivity index (χ1v) is 5.21. The highest BCUT2D eigenvalue weighted by atomic mass is 16.4. The van der Waals surface area contributed by atoms with Gasteiger partial charge < -0.3 is 10.2 Å². The summed E-state index contributed by atoms with van der Waals surface area (Å²) in [6.45, 7) is 1.54. The van der Waals surface area contributed by atoms with E-state index in [4.69, 9.17) is 10.2 Å². The second-order valence-electron chi connectivity index (χ2n) is 3.85. The summed E-state index contributed by atoms with van der Waals surface area (Å²) in [5.41, 5.74) is 1.92. The number of benzene rings is 1. The molecule has 0 unspecified atom stereocenters. The van der Waals surface area contributed by atoms with E-state index < -0.39 is 5.97 Å². The molecule has 0 heterocycles. The van der Waals surface area contributed by atoms with Crippen LogP contribution < -0.4 is 0 Å². The van der Waals surface area contributed by atoms with Crippen molar-refractivity contribution in [3.63, 3.8) is 0 Å². The van der Waals surface area contributed by atoms with E-state index in [1.165, 1.54) is 0 Å². The Kier molecular flexibility index (Phi) is 4.95. The molecule has 1 aromatic carbocycles. The van der Waals surface area contributed by atoms with E-state index in [0.29, 0.717) is 6.54 Å². The van der Waals surface area contributed by atoms with Gasteiger partial charge in [0.15, 0.2) is 0 Å². The molecule has 88 valence electrons. The molecule has 0 aliphatic carbocycles. The van der Waals surface area contributed by atoms with Gasteiger partial charge in [-0.05, 0) is 18.2 Å². The molecule has 1 rings (SSSR count). The molecule has 0 saturated heterocycles. The molecule has 0 fully saturated rings. The number of nitrogens with zero attached hydrogens (tertiary/aromatic N) is 1. The van der Waals surface area contributed by atoms with Crippen LogP contribution in [0.15, 0.2) is 24.3 Å². The van der Waals surface area contributed by atoms with Crippen LogP contribution in [0.2, 0.25) is 0 Å². The Balaban J connectivity index is 2.54. The molecule has 16 heavy (non-hydrogen) atoms. The largest absolute Gasteiger partial charge is 0.481 e. The van der Waals surface area contributed by atoms with Crippen LogP contribution in [0.3, 0.4) is 0 Å². The van der Waals surface area contributed by atoms with E-state index in [9.17, 15) is 4.79 Å². The Labute approximate surface area is 95.1 Å². The van der Waals surface area contributed by atoms with Gasteiger partial charge in [0.1, 0.15) is 0 Å². The van der Waals surface area contributed by atoms with Crippen LogP contribution in [0.4, 0.5) is 0 Å². The smallest absolute Gasteiger partial charge is 0.307 e. The Morgan fingerprint density at radius 2 is 1.81 bits per heavy atom. The number of carboxylic acid groups (broad SMARTS) is 1. The van der Waals surface area contributed by atoms with Gasteiger partial charge in [-0.3, -0.25) is 9.69 Å². The van der Waals surface area contributed by atoms with Gasteiger partial charge in [0.05, 0.1) is 13.0 Å². The maximum Gasteiger partial charge on any atom is 0.307 e. The SMILES string of the molecule is CN(CCO)Cc1ccc(CC(=O)O)cc1. The summed E-state index contributed by atoms with van der Waals surface area (Å²) in [4.78, 5) is 12.5. The number of likely N-dealkylation sites (N-methyl/N-ethyl adjacent to an activating group) is 1. The molecule has 0 aliphatic heterocycles. The topological polar surface area (TPSA) is 60.8 Å². The highest BCUT2D eigenvalue weighted by molar-refractivity contribution is 5.70. The first-order chi connectivity index (χ1) is 7.61. The third-order valence-electron chi connectivity index (χ3n) is 2.31. The van der Waals surface area contributed by atoms with Crippen LogP contribution >= 0.6 is 0 Å². The summed E-state index contributed by atoms with van der Waals surface area (Å²) in [5, 5.41) is 17.4. The summed E-state index contributed by atoms with van der Waals surface area (Å²) < 4.78 is 0. The standard InChI is InChI=1S/C12H17NO3/c1-13(6-7-14)9-11-4-2-10(3-5-11)8-12(15)16/h2-5,14H,6-9H2,1H3,(H,15,16). The van der Waals surface area contributed by atoms with Crippen molar-refractivity contribution in [3.05, 3.63) is 35.4 Å². The Morgan fingerprint density at radius 1 is 1.25 bits per heavy atom. The molecule has 0 spiro atoms. The van der Waals surface area contributed by atoms with Gasteiger partial charge in [-0.25, -0.2) is 0 Å². The molecule has 1 aromatic rings. The molecule has 2 N–H and O–H groups in total. The molecule has 0 bridgehead atoms. The minimum Gasteiger partial charge on any atom is -0.481 e. The molecule has 0 atom stereocenters. The van der Waals surface area contributed by atoms with E-state index in [0.717, 1.165) is 17.7 Å². The highest BCUT2D eigenvalue weighted by Crippen LogP contribution is 2.07. The second-order valence-corrected chi connectivity index (χ2v) is 3.85. The first kappa shape index (κ1) is 12.7. The van der Waals surface area contributed by atoms with Gasteiger partial charge >= 0.3 is 5.97 Å². The molecule has 4 heteroatoms. The third-order valence-corrected chi connectivity index (χ3v) is 2.31. The van der Waals surface area contributed by atoms with Crippen LogP contribution in [0.1, 0.15) is 11.1 Å². The fraction of sp³-hybridized carbons (Fsp3) is 0.417. The summed E-state index contributed by atoms with van der Waals surface area (Å²) in [7, 11) is 1.93. The quantitative estimate of drug-likeness (QED) is 0.746. The Hall–Kier alpha value is -1.39. The zero-order chi connectivity index (χ0) is 12.0. The van der Waals surface area contributed by atoms with Crippen LogP contribution in [0.5, 0.6) is 0 Å². The number of rotatable bonds is 6. The zero-order valence-electron chi connectivity index (χ0n) is 9.39. The van der Waals surface area contributed by atoms with Crippen molar-refractivity contribution in [2.24, 2.45) is 0 Å². The van der Waals surface area contributed by atoms with Crippen molar-refractivity contribution < 1.29 is 15.0 Å². The van der Waals surface area contributed by atoms with Crippen molar-refractivity contribution in [3.8, 4) is 0 Å². The minimum absolute atomic E-state index is 0.0623. The normalized spacial score (nSPS) is 10.7. The molecule has 0 aromatic heterocycles. The third kappa shape index (κ3) is 4.42. The average Bonchev–Trinajstić information content (AvgIpc) is 2.20. The minimum atomic E-state index is -0.815. The number of aliphatic hydroxyl groups excluding tert-OH is 1. The van der Waals surface area contributed by atoms with E-state index in [-0.39, 0.29) is 13.0 Å². The van der Waals surface area contributed by atoms with Gasteiger partial charge in [0.2, 0.25) is 0 Å². The lowest BCUT2D eigenvalue weighted by Crippen LogP contribution is -2.21. The number of hydrogen-bond donors (Lipinski definition) is 2. The molecule has 0 radical (unpaired) electrons. The van der Waals surface area contributed by atoms with Crippen LogP contribution in [-0.4, -0.2) is 41.3 Å². The van der Waals surface area contributed by atoms with Crippen LogP contribution in [0.25, 0.3) is 0 Å². The summed E-state index contributed by atoms with van der Waals surface area (Å²) in [6, 6.07) is 7.50. The highest BCUT2D eigenvalue weighted by Gasteiger charge is 2.02. The maximum absolute atomic E-state index is 10.5. The zero-order valence-corrected chi connectivity index (χ0v) is 9.39. The van der Waals surface area contributed by atoms with E-state index in [1.54, 1.807) is 0 Å². The molecular formula is C12H17NO3. The van der Waals surface area contributed by atoms with Crippen molar-refractivity contribution in [1.29, 1.82) is 0 Å². The van der Waals surface area contributed by atoms with Gasteiger partial charge in [0, 0.05) is 13.1 Å². The molecular weight excluding hydrogens is 206 g/mol. The summed E-state index contributed by atoms with van der Waals surface area (Å²) >= 11 is 0. The van der Waals surface area contributed by atoms with Gasteiger partial charge in [0.25, 0.3) is 0 Å². The van der Waals surface area contributed by atoms with E-state index in [1.807, 2.05) is 36.2 Å². The predicted octanol–water partition coefficient (Wildman–Crippen LogP) is 0.738. The lowest BCUT2D eigenvalue weighted by molar-refractivity contribution is -0.136. The number of carboxylic acids is 1. The van der Waals surface area contributed by atoms with Gasteiger partial charge in [-0.2, -0.15) is 0 Å². The lowest BCUT2D eigenvalue weighted by atomic mass is 10.1. The fourth-order valence-electron chi connectivity index (χ4n) is 1.50. The van der Waals surface area contributed by atoms with E-state index >= 15 is 0 Å². The Bertz CT molecular complexity index is 335. The van der Waals surface area contributed by atoms with Gasteiger partial charge in [-0.15, -0.1) is 0 Å².